The van der Waals surface area contributed by atoms with Crippen LogP contribution in [0.3, 0.4) is 0 Å². The summed E-state index contributed by atoms with van der Waals surface area (Å²) in [4.78, 5) is 38.7. The maximum atomic E-state index is 14.2. The number of hydrogen-bond donors (Lipinski definition) is 2. The monoisotopic (exact) mass is 676 g/mol. The van der Waals surface area contributed by atoms with E-state index in [2.05, 4.69) is 26.6 Å². The van der Waals surface area contributed by atoms with E-state index in [-0.39, 0.29) is 40.6 Å². The Kier molecular flexibility index (Phi) is 9.87. The van der Waals surface area contributed by atoms with Crippen LogP contribution in [-0.4, -0.2) is 24.7 Å². The van der Waals surface area contributed by atoms with E-state index in [9.17, 15) is 31.9 Å². The number of alkyl halides is 3. The number of halogens is 6. The quantitative estimate of drug-likeness (QED) is 0.140. The van der Waals surface area contributed by atoms with Crippen LogP contribution >= 0.6 is 27.5 Å². The predicted octanol–water partition coefficient (Wildman–Crippen LogP) is 7.88. The molecule has 0 unspecified atom stereocenters. The zero-order chi connectivity index (χ0) is 31.3. The number of Topliss-reactive ketones (excluding diaryl/α,β-unsaturated/α-hetero) is 1. The zero-order valence-corrected chi connectivity index (χ0v) is 24.7. The number of ketones is 1. The largest absolute Gasteiger partial charge is 0.496 e. The van der Waals surface area contributed by atoms with Gasteiger partial charge in [-0.2, -0.15) is 13.2 Å². The fraction of sp³-hybridized carbons (Fsp3) is 0.129. The molecular weight excluding hydrogens is 656 g/mol. The third-order valence-electron chi connectivity index (χ3n) is 6.31. The van der Waals surface area contributed by atoms with Crippen LogP contribution in [0.5, 0.6) is 5.75 Å². The van der Waals surface area contributed by atoms with E-state index in [1.807, 2.05) is 24.3 Å². The van der Waals surface area contributed by atoms with Crippen molar-refractivity contribution in [1.29, 1.82) is 0 Å². The smallest absolute Gasteiger partial charge is 0.417 e. The minimum atomic E-state index is -4.94. The lowest BCUT2D eigenvalue weighted by Gasteiger charge is -2.14. The molecular formula is C31H22BrClF4N2O4. The fourth-order valence-corrected chi connectivity index (χ4v) is 4.67. The van der Waals surface area contributed by atoms with Gasteiger partial charge in [-0.15, -0.1) is 0 Å². The average molecular weight is 678 g/mol. The van der Waals surface area contributed by atoms with E-state index in [1.54, 1.807) is 0 Å². The van der Waals surface area contributed by atoms with Gasteiger partial charge in [-0.05, 0) is 65.7 Å². The van der Waals surface area contributed by atoms with Crippen molar-refractivity contribution in [2.75, 3.05) is 12.4 Å². The van der Waals surface area contributed by atoms with E-state index in [4.69, 9.17) is 16.3 Å². The minimum Gasteiger partial charge on any atom is -0.496 e. The molecule has 0 aliphatic carbocycles. The molecule has 0 bridgehead atoms. The van der Waals surface area contributed by atoms with Crippen molar-refractivity contribution in [3.05, 3.63) is 128 Å². The molecule has 6 nitrogen and oxygen atoms in total. The van der Waals surface area contributed by atoms with Gasteiger partial charge in [0.15, 0.2) is 5.78 Å². The molecule has 0 spiro atoms. The van der Waals surface area contributed by atoms with E-state index < -0.39 is 34.9 Å². The molecule has 0 aliphatic rings. The number of hydrogen-bond acceptors (Lipinski definition) is 4. The van der Waals surface area contributed by atoms with Crippen LogP contribution in [0.1, 0.15) is 47.8 Å². The Morgan fingerprint density at radius 1 is 0.884 bits per heavy atom. The van der Waals surface area contributed by atoms with Crippen LogP contribution in [0.15, 0.2) is 83.3 Å². The maximum Gasteiger partial charge on any atom is 0.417 e. The van der Waals surface area contributed by atoms with Crippen LogP contribution in [0.4, 0.5) is 23.2 Å². The highest BCUT2D eigenvalue weighted by Gasteiger charge is 2.36. The highest BCUT2D eigenvalue weighted by molar-refractivity contribution is 9.10. The Balaban J connectivity index is 1.50. The highest BCUT2D eigenvalue weighted by Crippen LogP contribution is 2.33. The van der Waals surface area contributed by atoms with Crippen molar-refractivity contribution in [2.45, 2.75) is 19.1 Å². The number of carbonyl (C=O) groups excluding carboxylic acids is 3. The summed E-state index contributed by atoms with van der Waals surface area (Å²) >= 11 is 9.59. The molecule has 43 heavy (non-hydrogen) atoms. The van der Waals surface area contributed by atoms with Gasteiger partial charge in [0.1, 0.15) is 11.6 Å². The minimum absolute atomic E-state index is 0.00570. The molecule has 0 aromatic heterocycles. The first-order valence-corrected chi connectivity index (χ1v) is 13.7. The molecule has 0 aliphatic heterocycles. The molecule has 0 saturated carbocycles. The lowest BCUT2D eigenvalue weighted by Crippen LogP contribution is -2.27. The van der Waals surface area contributed by atoms with Crippen LogP contribution in [0, 0.1) is 5.82 Å². The zero-order valence-electron chi connectivity index (χ0n) is 22.3. The summed E-state index contributed by atoms with van der Waals surface area (Å²) in [6.07, 6.45) is -4.84. The molecule has 0 atom stereocenters. The van der Waals surface area contributed by atoms with Gasteiger partial charge in [-0.25, -0.2) is 4.39 Å². The second-order valence-corrected chi connectivity index (χ2v) is 10.6. The normalized spacial score (nSPS) is 11.1. The molecule has 0 radical (unpaired) electrons. The molecule has 12 heteroatoms. The Morgan fingerprint density at radius 2 is 1.58 bits per heavy atom. The number of amides is 2. The SMILES string of the molecule is COc1ccc(NC(=O)c2cc(CNC(=O)c3c(F)cccc3C(F)(F)F)ccc2Cl)cc1C(=O)Cc1ccc(Br)cc1. The average Bonchev–Trinajstić information content (AvgIpc) is 2.97. The summed E-state index contributed by atoms with van der Waals surface area (Å²) in [5.41, 5.74) is -0.926. The van der Waals surface area contributed by atoms with Gasteiger partial charge in [0, 0.05) is 23.1 Å². The first-order chi connectivity index (χ1) is 20.4. The van der Waals surface area contributed by atoms with Crippen LogP contribution in [0.25, 0.3) is 0 Å². The van der Waals surface area contributed by atoms with Crippen LogP contribution in [0.2, 0.25) is 5.02 Å². The van der Waals surface area contributed by atoms with Gasteiger partial charge >= 0.3 is 6.18 Å². The summed E-state index contributed by atoms with van der Waals surface area (Å²) in [7, 11) is 1.42. The van der Waals surface area contributed by atoms with Gasteiger partial charge in [-0.1, -0.05) is 51.8 Å². The van der Waals surface area contributed by atoms with Gasteiger partial charge in [-0.3, -0.25) is 14.4 Å². The van der Waals surface area contributed by atoms with Crippen molar-refractivity contribution in [2.24, 2.45) is 0 Å². The second-order valence-electron chi connectivity index (χ2n) is 9.25. The molecule has 222 valence electrons. The molecule has 4 rings (SSSR count). The van der Waals surface area contributed by atoms with Crippen molar-refractivity contribution >= 4 is 50.8 Å². The van der Waals surface area contributed by atoms with Crippen molar-refractivity contribution < 1.29 is 36.7 Å². The van der Waals surface area contributed by atoms with Crippen molar-refractivity contribution in [1.82, 2.24) is 5.32 Å². The first kappa shape index (κ1) is 31.7. The molecule has 4 aromatic carbocycles. The Hall–Kier alpha value is -4.22. The first-order valence-electron chi connectivity index (χ1n) is 12.6. The summed E-state index contributed by atoms with van der Waals surface area (Å²) in [5, 5.41) is 4.98. The molecule has 2 N–H and O–H groups in total. The van der Waals surface area contributed by atoms with Gasteiger partial charge in [0.2, 0.25) is 0 Å². The van der Waals surface area contributed by atoms with Crippen molar-refractivity contribution in [3.8, 4) is 5.75 Å². The Morgan fingerprint density at radius 3 is 2.26 bits per heavy atom. The van der Waals surface area contributed by atoms with Gasteiger partial charge in [0.25, 0.3) is 11.8 Å². The van der Waals surface area contributed by atoms with Gasteiger partial charge < -0.3 is 15.4 Å². The van der Waals surface area contributed by atoms with Crippen LogP contribution < -0.4 is 15.4 Å². The second kappa shape index (κ2) is 13.4. The molecule has 4 aromatic rings. The Labute approximate surface area is 257 Å². The lowest BCUT2D eigenvalue weighted by atomic mass is 10.0. The van der Waals surface area contributed by atoms with E-state index in [0.717, 1.165) is 22.2 Å². The summed E-state index contributed by atoms with van der Waals surface area (Å²) in [6, 6.07) is 18.2. The number of nitrogens with one attached hydrogen (secondary N) is 2. The number of methoxy groups -OCH3 is 1. The highest BCUT2D eigenvalue weighted by atomic mass is 79.9. The van der Waals surface area contributed by atoms with E-state index in [1.165, 1.54) is 43.5 Å². The number of carbonyl (C=O) groups is 3. The number of ether oxygens (including phenoxy) is 1. The van der Waals surface area contributed by atoms with E-state index >= 15 is 0 Å². The van der Waals surface area contributed by atoms with Gasteiger partial charge in [0.05, 0.1) is 34.4 Å². The van der Waals surface area contributed by atoms with Crippen molar-refractivity contribution in [3.63, 3.8) is 0 Å². The summed E-state index contributed by atoms with van der Waals surface area (Å²) in [5.74, 6) is -3.17. The summed E-state index contributed by atoms with van der Waals surface area (Å²) < 4.78 is 60.3. The fourth-order valence-electron chi connectivity index (χ4n) is 4.20. The third-order valence-corrected chi connectivity index (χ3v) is 7.17. The number of rotatable bonds is 9. The third kappa shape index (κ3) is 7.79. The van der Waals surface area contributed by atoms with E-state index in [0.29, 0.717) is 17.4 Å². The predicted molar refractivity (Wildman–Crippen MR) is 157 cm³/mol. The molecule has 0 saturated heterocycles. The lowest BCUT2D eigenvalue weighted by molar-refractivity contribution is -0.138. The molecule has 0 heterocycles. The summed E-state index contributed by atoms with van der Waals surface area (Å²) in [6.45, 7) is -0.320. The van der Waals surface area contributed by atoms with Crippen LogP contribution in [-0.2, 0) is 19.1 Å². The maximum absolute atomic E-state index is 14.2. The molecule has 2 amide bonds. The standard InChI is InChI=1S/C31H22BrClF4N2O4/c1-43-27-12-10-20(15-22(27)26(40)14-17-5-8-19(32)9-6-17)39-29(41)21-13-18(7-11-24(21)33)16-38-30(42)28-23(31(35,36)37)3-2-4-25(28)34/h2-13,15H,14,16H2,1H3,(H,38,42)(H,39,41). The molecule has 0 fully saturated rings. The Bertz CT molecular complexity index is 1690. The topological polar surface area (TPSA) is 84.5 Å². The number of anilines is 1. The number of benzene rings is 4.